The molecule has 2 heterocycles. The number of nitrogens with zero attached hydrogens (tertiary/aromatic N) is 2. The van der Waals surface area contributed by atoms with E-state index in [1.807, 2.05) is 0 Å². The fourth-order valence-electron chi connectivity index (χ4n) is 3.49. The molecule has 1 aliphatic rings. The quantitative estimate of drug-likeness (QED) is 0.405. The SMILES string of the molecule is O=C(NCCCCN1CCCCC1)Nc1snc(OCc2c(F)cc(Cl)cc2F)c1C(=O)O. The van der Waals surface area contributed by atoms with Crippen molar-refractivity contribution in [3.05, 3.63) is 39.9 Å². The Kier molecular flexibility index (Phi) is 9.21. The number of carbonyl (C=O) groups is 2. The van der Waals surface area contributed by atoms with Crippen molar-refractivity contribution in [3.63, 3.8) is 0 Å². The topological polar surface area (TPSA) is 104 Å². The van der Waals surface area contributed by atoms with Crippen LogP contribution >= 0.6 is 23.1 Å². The van der Waals surface area contributed by atoms with Crippen LogP contribution in [0.25, 0.3) is 0 Å². The molecule has 1 saturated heterocycles. The Morgan fingerprint density at radius 1 is 1.18 bits per heavy atom. The number of benzene rings is 1. The standard InChI is InChI=1S/C21H25ClF2N4O4S/c22-13-10-15(23)14(16(24)11-13)12-32-18-17(20(29)30)19(33-27-18)26-21(31)25-6-2-5-9-28-7-3-1-4-8-28/h10-11H,1-9,12H2,(H,29,30)(H2,25,26,31). The number of piperidine rings is 1. The van der Waals surface area contributed by atoms with E-state index in [0.717, 1.165) is 44.6 Å². The highest BCUT2D eigenvalue weighted by Gasteiger charge is 2.24. The zero-order valence-electron chi connectivity index (χ0n) is 17.8. The maximum Gasteiger partial charge on any atom is 0.344 e. The zero-order valence-corrected chi connectivity index (χ0v) is 19.4. The molecular weight excluding hydrogens is 478 g/mol. The highest BCUT2D eigenvalue weighted by molar-refractivity contribution is 7.11. The number of hydrogen-bond acceptors (Lipinski definition) is 6. The number of amides is 2. The van der Waals surface area contributed by atoms with Crippen molar-refractivity contribution in [2.24, 2.45) is 0 Å². The molecule has 0 bridgehead atoms. The minimum absolute atomic E-state index is 0.0413. The van der Waals surface area contributed by atoms with E-state index in [2.05, 4.69) is 19.9 Å². The third kappa shape index (κ3) is 7.24. The van der Waals surface area contributed by atoms with Gasteiger partial charge in [-0.15, -0.1) is 0 Å². The van der Waals surface area contributed by atoms with Crippen LogP contribution in [-0.2, 0) is 6.61 Å². The average molecular weight is 503 g/mol. The molecule has 33 heavy (non-hydrogen) atoms. The molecule has 0 atom stereocenters. The van der Waals surface area contributed by atoms with Gasteiger partial charge < -0.3 is 20.1 Å². The monoisotopic (exact) mass is 502 g/mol. The van der Waals surface area contributed by atoms with Crippen LogP contribution in [0.1, 0.15) is 48.0 Å². The van der Waals surface area contributed by atoms with Gasteiger partial charge in [0.15, 0.2) is 5.56 Å². The predicted molar refractivity (Wildman–Crippen MR) is 121 cm³/mol. The zero-order chi connectivity index (χ0) is 23.8. The van der Waals surface area contributed by atoms with E-state index in [1.54, 1.807) is 0 Å². The number of urea groups is 1. The second-order valence-electron chi connectivity index (χ2n) is 7.62. The number of hydrogen-bond donors (Lipinski definition) is 3. The molecule has 1 aromatic heterocycles. The van der Waals surface area contributed by atoms with Gasteiger partial charge in [-0.1, -0.05) is 18.0 Å². The summed E-state index contributed by atoms with van der Waals surface area (Å²) in [4.78, 5) is 26.3. The van der Waals surface area contributed by atoms with Gasteiger partial charge in [0, 0.05) is 11.6 Å². The van der Waals surface area contributed by atoms with Crippen molar-refractivity contribution in [1.82, 2.24) is 14.6 Å². The number of aromatic carboxylic acids is 1. The van der Waals surface area contributed by atoms with Gasteiger partial charge in [0.05, 0.1) is 5.56 Å². The normalized spacial score (nSPS) is 14.2. The van der Waals surface area contributed by atoms with E-state index in [9.17, 15) is 23.5 Å². The molecular formula is C21H25ClF2N4O4S. The molecule has 2 aromatic rings. The molecule has 0 aliphatic carbocycles. The first-order valence-electron chi connectivity index (χ1n) is 10.6. The maximum atomic E-state index is 13.9. The number of anilines is 1. The van der Waals surface area contributed by atoms with Crippen LogP contribution in [-0.4, -0.2) is 52.6 Å². The van der Waals surface area contributed by atoms with Crippen LogP contribution < -0.4 is 15.4 Å². The number of rotatable bonds is 10. The lowest BCUT2D eigenvalue weighted by atomic mass is 10.1. The van der Waals surface area contributed by atoms with Crippen molar-refractivity contribution in [3.8, 4) is 5.88 Å². The Hall–Kier alpha value is -2.50. The van der Waals surface area contributed by atoms with E-state index in [4.69, 9.17) is 16.3 Å². The molecule has 8 nitrogen and oxygen atoms in total. The minimum atomic E-state index is -1.40. The molecule has 0 unspecified atom stereocenters. The third-order valence-electron chi connectivity index (χ3n) is 5.20. The molecule has 1 fully saturated rings. The number of carbonyl (C=O) groups excluding carboxylic acids is 1. The number of ether oxygens (including phenoxy) is 1. The van der Waals surface area contributed by atoms with E-state index >= 15 is 0 Å². The molecule has 0 saturated carbocycles. The van der Waals surface area contributed by atoms with Crippen molar-refractivity contribution in [2.75, 3.05) is 31.5 Å². The summed E-state index contributed by atoms with van der Waals surface area (Å²) in [6.45, 7) is 3.09. The lowest BCUT2D eigenvalue weighted by molar-refractivity contribution is 0.0693. The summed E-state index contributed by atoms with van der Waals surface area (Å²) in [5.41, 5.74) is -0.810. The Morgan fingerprint density at radius 2 is 1.88 bits per heavy atom. The maximum absolute atomic E-state index is 13.9. The molecule has 0 radical (unpaired) electrons. The van der Waals surface area contributed by atoms with Crippen LogP contribution in [0.3, 0.4) is 0 Å². The number of halogens is 3. The molecule has 1 aromatic carbocycles. The summed E-state index contributed by atoms with van der Waals surface area (Å²) in [6.07, 6.45) is 5.51. The average Bonchev–Trinajstić information content (AvgIpc) is 3.16. The van der Waals surface area contributed by atoms with Gasteiger partial charge in [0.1, 0.15) is 23.2 Å². The molecule has 1 aliphatic heterocycles. The van der Waals surface area contributed by atoms with Crippen LogP contribution in [0.5, 0.6) is 5.88 Å². The van der Waals surface area contributed by atoms with Crippen LogP contribution in [0.15, 0.2) is 12.1 Å². The third-order valence-corrected chi connectivity index (χ3v) is 6.16. The predicted octanol–water partition coefficient (Wildman–Crippen LogP) is 4.74. The molecule has 3 N–H and O–H groups in total. The van der Waals surface area contributed by atoms with Gasteiger partial charge in [-0.2, -0.15) is 4.37 Å². The van der Waals surface area contributed by atoms with Crippen LogP contribution in [0.2, 0.25) is 5.02 Å². The molecule has 180 valence electrons. The number of likely N-dealkylation sites (tertiary alicyclic amines) is 1. The van der Waals surface area contributed by atoms with Gasteiger partial charge in [-0.3, -0.25) is 5.32 Å². The fourth-order valence-corrected chi connectivity index (χ4v) is 4.41. The van der Waals surface area contributed by atoms with Crippen molar-refractivity contribution in [2.45, 2.75) is 38.7 Å². The number of nitrogens with one attached hydrogen (secondary N) is 2. The minimum Gasteiger partial charge on any atom is -0.477 e. The summed E-state index contributed by atoms with van der Waals surface area (Å²) in [6, 6.07) is 1.28. The second-order valence-corrected chi connectivity index (χ2v) is 8.83. The smallest absolute Gasteiger partial charge is 0.344 e. The van der Waals surface area contributed by atoms with E-state index in [0.29, 0.717) is 18.1 Å². The molecule has 0 spiro atoms. The largest absolute Gasteiger partial charge is 0.477 e. The summed E-state index contributed by atoms with van der Waals surface area (Å²) in [5, 5.41) is 14.5. The first-order chi connectivity index (χ1) is 15.8. The first kappa shape index (κ1) is 25.1. The van der Waals surface area contributed by atoms with Crippen LogP contribution in [0, 0.1) is 11.6 Å². The lowest BCUT2D eigenvalue weighted by Crippen LogP contribution is -2.32. The number of aromatic nitrogens is 1. The number of carboxylic acids is 1. The fraction of sp³-hybridized carbons (Fsp3) is 0.476. The van der Waals surface area contributed by atoms with Crippen molar-refractivity contribution < 1.29 is 28.2 Å². The van der Waals surface area contributed by atoms with Gasteiger partial charge in [0.25, 0.3) is 0 Å². The summed E-state index contributed by atoms with van der Waals surface area (Å²) < 4.78 is 36.9. The van der Waals surface area contributed by atoms with E-state index < -0.39 is 41.4 Å². The summed E-state index contributed by atoms with van der Waals surface area (Å²) in [7, 11) is 0. The van der Waals surface area contributed by atoms with Crippen LogP contribution in [0.4, 0.5) is 18.6 Å². The van der Waals surface area contributed by atoms with Gasteiger partial charge in [-0.25, -0.2) is 18.4 Å². The van der Waals surface area contributed by atoms with Gasteiger partial charge in [-0.05, 0) is 69.0 Å². The Balaban J connectivity index is 1.50. The van der Waals surface area contributed by atoms with Gasteiger partial charge >= 0.3 is 12.0 Å². The Labute approximate surface area is 199 Å². The summed E-state index contributed by atoms with van der Waals surface area (Å²) in [5.74, 6) is -3.60. The van der Waals surface area contributed by atoms with Crippen molar-refractivity contribution >= 4 is 40.1 Å². The van der Waals surface area contributed by atoms with E-state index in [1.165, 1.54) is 19.3 Å². The first-order valence-corrected chi connectivity index (χ1v) is 11.8. The number of carboxylic acid groups (broad SMARTS) is 1. The van der Waals surface area contributed by atoms with Gasteiger partial charge in [0.2, 0.25) is 5.88 Å². The lowest BCUT2D eigenvalue weighted by Gasteiger charge is -2.26. The molecule has 12 heteroatoms. The Morgan fingerprint density at radius 3 is 2.55 bits per heavy atom. The highest BCUT2D eigenvalue weighted by atomic mass is 35.5. The second kappa shape index (κ2) is 12.1. The number of unbranched alkanes of at least 4 members (excludes halogenated alkanes) is 1. The molecule has 2 amide bonds. The molecule has 3 rings (SSSR count). The summed E-state index contributed by atoms with van der Waals surface area (Å²) >= 11 is 6.29. The highest BCUT2D eigenvalue weighted by Crippen LogP contribution is 2.31. The Bertz CT molecular complexity index is 962. The van der Waals surface area contributed by atoms with Crippen molar-refractivity contribution in [1.29, 1.82) is 0 Å². The van der Waals surface area contributed by atoms with E-state index in [-0.39, 0.29) is 15.9 Å².